The summed E-state index contributed by atoms with van der Waals surface area (Å²) in [6.45, 7) is 3.98. The van der Waals surface area contributed by atoms with Gasteiger partial charge in [-0.25, -0.2) is 8.42 Å². The lowest BCUT2D eigenvalue weighted by molar-refractivity contribution is 0.0752. The number of hydrogen-bond donors (Lipinski definition) is 0. The Labute approximate surface area is 124 Å². The summed E-state index contributed by atoms with van der Waals surface area (Å²) in [5, 5.41) is 4.08. The average molecular weight is 322 g/mol. The minimum atomic E-state index is -3.49. The maximum absolute atomic E-state index is 12.6. The van der Waals surface area contributed by atoms with Crippen molar-refractivity contribution < 1.29 is 13.2 Å². The Morgan fingerprint density at radius 1 is 1.55 bits per heavy atom. The Morgan fingerprint density at radius 3 is 3.10 bits per heavy atom. The lowest BCUT2D eigenvalue weighted by Gasteiger charge is -2.20. The molecule has 2 rings (SSSR count). The monoisotopic (exact) mass is 321 g/mol. The fourth-order valence-electron chi connectivity index (χ4n) is 2.15. The average Bonchev–Trinajstić information content (AvgIpc) is 2.78. The van der Waals surface area contributed by atoms with Gasteiger partial charge in [0.25, 0.3) is 0 Å². The maximum Gasteiger partial charge on any atom is 0.246 e. The van der Waals surface area contributed by atoms with Gasteiger partial charge in [0.05, 0.1) is 12.3 Å². The molecule has 0 spiro atoms. The first-order valence-corrected chi connectivity index (χ1v) is 8.71. The van der Waals surface area contributed by atoms with Crippen LogP contribution in [-0.2, 0) is 21.3 Å². The molecule has 1 saturated heterocycles. The molecule has 1 aromatic heterocycles. The molecule has 0 saturated carbocycles. The van der Waals surface area contributed by atoms with E-state index in [4.69, 9.17) is 16.3 Å². The van der Waals surface area contributed by atoms with Gasteiger partial charge in [-0.1, -0.05) is 0 Å². The van der Waals surface area contributed by atoms with E-state index in [1.165, 1.54) is 10.5 Å². The number of nitrogens with zero attached hydrogens (tertiary/aromatic N) is 3. The molecule has 6 nitrogen and oxygen atoms in total. The Bertz CT molecular complexity index is 532. The van der Waals surface area contributed by atoms with E-state index in [1.807, 2.05) is 6.92 Å². The van der Waals surface area contributed by atoms with Crippen LogP contribution in [0, 0.1) is 0 Å². The predicted molar refractivity (Wildman–Crippen MR) is 76.4 cm³/mol. The second-order valence-electron chi connectivity index (χ2n) is 4.88. The summed E-state index contributed by atoms with van der Waals surface area (Å²) in [5.74, 6) is 0.531. The first-order chi connectivity index (χ1) is 9.54. The van der Waals surface area contributed by atoms with E-state index in [9.17, 15) is 8.42 Å². The molecule has 0 aromatic carbocycles. The molecule has 1 aliphatic rings. The summed E-state index contributed by atoms with van der Waals surface area (Å²) < 4.78 is 33.7. The minimum absolute atomic E-state index is 0.0847. The van der Waals surface area contributed by atoms with Crippen molar-refractivity contribution in [3.8, 4) is 0 Å². The zero-order chi connectivity index (χ0) is 14.6. The SMILES string of the molecule is CC1CN(S(=O)(=O)c2cnn(CCCCl)c2)CCCO1. The highest BCUT2D eigenvalue weighted by molar-refractivity contribution is 7.89. The highest BCUT2D eigenvalue weighted by atomic mass is 35.5. The Balaban J connectivity index is 2.14. The quantitative estimate of drug-likeness (QED) is 0.767. The number of rotatable bonds is 5. The summed E-state index contributed by atoms with van der Waals surface area (Å²) in [6.07, 6.45) is 4.36. The van der Waals surface area contributed by atoms with Crippen molar-refractivity contribution in [1.29, 1.82) is 0 Å². The summed E-state index contributed by atoms with van der Waals surface area (Å²) in [6, 6.07) is 0. The molecule has 0 aliphatic carbocycles. The van der Waals surface area contributed by atoms with Crippen molar-refractivity contribution in [3.05, 3.63) is 12.4 Å². The maximum atomic E-state index is 12.6. The van der Waals surface area contributed by atoms with E-state index >= 15 is 0 Å². The predicted octanol–water partition coefficient (Wildman–Crippen LogP) is 1.31. The summed E-state index contributed by atoms with van der Waals surface area (Å²) in [5.41, 5.74) is 0. The van der Waals surface area contributed by atoms with Crippen LogP contribution < -0.4 is 0 Å². The molecular formula is C12H20ClN3O3S. The van der Waals surface area contributed by atoms with E-state index in [1.54, 1.807) is 10.9 Å². The van der Waals surface area contributed by atoms with Crippen LogP contribution in [0.3, 0.4) is 0 Å². The molecule has 1 aliphatic heterocycles. The molecule has 0 amide bonds. The van der Waals surface area contributed by atoms with Crippen LogP contribution in [0.4, 0.5) is 0 Å². The third-order valence-electron chi connectivity index (χ3n) is 3.18. The Kier molecular flexibility index (Phi) is 5.42. The summed E-state index contributed by atoms with van der Waals surface area (Å²) >= 11 is 5.62. The van der Waals surface area contributed by atoms with Gasteiger partial charge in [0.1, 0.15) is 4.90 Å². The van der Waals surface area contributed by atoms with Crippen molar-refractivity contribution in [1.82, 2.24) is 14.1 Å². The molecule has 8 heteroatoms. The van der Waals surface area contributed by atoms with Gasteiger partial charge in [-0.2, -0.15) is 9.40 Å². The van der Waals surface area contributed by atoms with Gasteiger partial charge in [0.15, 0.2) is 0 Å². The number of sulfonamides is 1. The van der Waals surface area contributed by atoms with E-state index in [-0.39, 0.29) is 11.0 Å². The zero-order valence-electron chi connectivity index (χ0n) is 11.5. The lowest BCUT2D eigenvalue weighted by Crippen LogP contribution is -2.35. The van der Waals surface area contributed by atoms with Crippen LogP contribution in [0.1, 0.15) is 19.8 Å². The minimum Gasteiger partial charge on any atom is -0.377 e. The number of alkyl halides is 1. The smallest absolute Gasteiger partial charge is 0.246 e. The molecule has 0 radical (unpaired) electrons. The Morgan fingerprint density at radius 2 is 2.35 bits per heavy atom. The van der Waals surface area contributed by atoms with Crippen molar-refractivity contribution in [3.63, 3.8) is 0 Å². The molecule has 1 fully saturated rings. The van der Waals surface area contributed by atoms with E-state index in [2.05, 4.69) is 5.10 Å². The number of halogens is 1. The first-order valence-electron chi connectivity index (χ1n) is 6.74. The normalized spacial score (nSPS) is 21.8. The molecule has 1 unspecified atom stereocenters. The second-order valence-corrected chi connectivity index (χ2v) is 7.20. The molecule has 20 heavy (non-hydrogen) atoms. The van der Waals surface area contributed by atoms with E-state index in [0.29, 0.717) is 38.5 Å². The van der Waals surface area contributed by atoms with Crippen molar-refractivity contribution in [2.75, 3.05) is 25.6 Å². The molecule has 1 aromatic rings. The van der Waals surface area contributed by atoms with Gasteiger partial charge in [-0.15, -0.1) is 11.6 Å². The van der Waals surface area contributed by atoms with Crippen LogP contribution >= 0.6 is 11.6 Å². The van der Waals surface area contributed by atoms with Crippen LogP contribution in [0.25, 0.3) is 0 Å². The van der Waals surface area contributed by atoms with E-state index in [0.717, 1.165) is 6.42 Å². The topological polar surface area (TPSA) is 64.4 Å². The van der Waals surface area contributed by atoms with Crippen molar-refractivity contribution >= 4 is 21.6 Å². The largest absolute Gasteiger partial charge is 0.377 e. The summed E-state index contributed by atoms with van der Waals surface area (Å²) in [4.78, 5) is 0.237. The van der Waals surface area contributed by atoms with Gasteiger partial charge in [0, 0.05) is 38.3 Å². The highest BCUT2D eigenvalue weighted by Crippen LogP contribution is 2.18. The van der Waals surface area contributed by atoms with Gasteiger partial charge in [-0.05, 0) is 19.8 Å². The van der Waals surface area contributed by atoms with Gasteiger partial charge >= 0.3 is 0 Å². The standard InChI is InChI=1S/C12H20ClN3O3S/c1-11-9-16(6-3-7-19-11)20(17,18)12-8-14-15(10-12)5-2-4-13/h8,10-11H,2-7,9H2,1H3. The molecule has 0 bridgehead atoms. The number of ether oxygens (including phenoxy) is 1. The number of aryl methyl sites for hydroxylation is 1. The van der Waals surface area contributed by atoms with Gasteiger partial charge in [-0.3, -0.25) is 4.68 Å². The number of hydrogen-bond acceptors (Lipinski definition) is 4. The Hall–Kier alpha value is -0.630. The first kappa shape index (κ1) is 15.8. The highest BCUT2D eigenvalue weighted by Gasteiger charge is 2.28. The van der Waals surface area contributed by atoms with Gasteiger partial charge < -0.3 is 4.74 Å². The third kappa shape index (κ3) is 3.72. The van der Waals surface area contributed by atoms with Crippen LogP contribution in [0.15, 0.2) is 17.3 Å². The fraction of sp³-hybridized carbons (Fsp3) is 0.750. The van der Waals surface area contributed by atoms with Gasteiger partial charge in [0.2, 0.25) is 10.0 Å². The van der Waals surface area contributed by atoms with Crippen LogP contribution in [-0.4, -0.2) is 54.2 Å². The molecule has 2 heterocycles. The van der Waals surface area contributed by atoms with Crippen LogP contribution in [0.2, 0.25) is 0 Å². The molecule has 1 atom stereocenters. The summed E-state index contributed by atoms with van der Waals surface area (Å²) in [7, 11) is -3.49. The lowest BCUT2D eigenvalue weighted by atomic mass is 10.4. The molecule has 114 valence electrons. The fourth-order valence-corrected chi connectivity index (χ4v) is 3.77. The molecule has 0 N–H and O–H groups in total. The van der Waals surface area contributed by atoms with Crippen molar-refractivity contribution in [2.24, 2.45) is 0 Å². The number of aromatic nitrogens is 2. The zero-order valence-corrected chi connectivity index (χ0v) is 13.1. The third-order valence-corrected chi connectivity index (χ3v) is 5.27. The van der Waals surface area contributed by atoms with Crippen LogP contribution in [0.5, 0.6) is 0 Å². The second kappa shape index (κ2) is 6.89. The van der Waals surface area contributed by atoms with Crippen molar-refractivity contribution in [2.45, 2.75) is 37.3 Å². The molecular weight excluding hydrogens is 302 g/mol. The van der Waals surface area contributed by atoms with E-state index < -0.39 is 10.0 Å².